The zero-order chi connectivity index (χ0) is 30.7. The normalized spacial score (nSPS) is 14.7. The van der Waals surface area contributed by atoms with Gasteiger partial charge in [0.15, 0.2) is 0 Å². The van der Waals surface area contributed by atoms with Crippen molar-refractivity contribution in [1.82, 2.24) is 4.31 Å². The first-order valence-electron chi connectivity index (χ1n) is 13.4. The summed E-state index contributed by atoms with van der Waals surface area (Å²) in [7, 11) is -2.66. The first-order chi connectivity index (χ1) is 20.6. The van der Waals surface area contributed by atoms with E-state index < -0.39 is 21.9 Å². The van der Waals surface area contributed by atoms with Crippen LogP contribution in [0.25, 0.3) is 6.08 Å². The Balaban J connectivity index is 1.48. The molecule has 0 atom stereocenters. The lowest BCUT2D eigenvalue weighted by Gasteiger charge is -2.21. The van der Waals surface area contributed by atoms with Gasteiger partial charge in [-0.25, -0.2) is 13.2 Å². The van der Waals surface area contributed by atoms with Crippen LogP contribution in [0.1, 0.15) is 29.6 Å². The van der Waals surface area contributed by atoms with Gasteiger partial charge in [0.1, 0.15) is 11.5 Å². The highest BCUT2D eigenvalue weighted by atomic mass is 35.5. The van der Waals surface area contributed by atoms with Gasteiger partial charge in [0.2, 0.25) is 10.0 Å². The van der Waals surface area contributed by atoms with Crippen molar-refractivity contribution in [2.24, 2.45) is 0 Å². The molecule has 0 spiro atoms. The second-order valence-electron chi connectivity index (χ2n) is 10.0. The molecule has 1 aromatic heterocycles. The number of aryl methyl sites for hydroxylation is 1. The number of esters is 1. The Bertz CT molecular complexity index is 1830. The highest BCUT2D eigenvalue weighted by molar-refractivity contribution is 7.89. The number of amides is 1. The minimum absolute atomic E-state index is 0.0729. The van der Waals surface area contributed by atoms with E-state index in [4.69, 9.17) is 20.8 Å². The molecule has 2 heterocycles. The van der Waals surface area contributed by atoms with Gasteiger partial charge in [-0.15, -0.1) is 0 Å². The molecule has 5 rings (SSSR count). The average molecular weight is 617 g/mol. The van der Waals surface area contributed by atoms with E-state index in [-0.39, 0.29) is 34.9 Å². The van der Waals surface area contributed by atoms with Gasteiger partial charge in [-0.1, -0.05) is 59.6 Å². The van der Waals surface area contributed by atoms with E-state index >= 15 is 0 Å². The zero-order valence-electron chi connectivity index (χ0n) is 23.8. The van der Waals surface area contributed by atoms with E-state index in [0.29, 0.717) is 22.2 Å². The monoisotopic (exact) mass is 616 g/mol. The number of rotatable bonds is 9. The van der Waals surface area contributed by atoms with Crippen LogP contribution in [0.15, 0.2) is 117 Å². The van der Waals surface area contributed by atoms with Crippen LogP contribution in [0.2, 0.25) is 5.02 Å². The number of ether oxygens (including phenoxy) is 1. The van der Waals surface area contributed by atoms with E-state index in [2.05, 4.69) is 0 Å². The Morgan fingerprint density at radius 2 is 1.60 bits per heavy atom. The molecule has 1 aliphatic rings. The van der Waals surface area contributed by atoms with E-state index in [1.54, 1.807) is 91.9 Å². The summed E-state index contributed by atoms with van der Waals surface area (Å²) < 4.78 is 39.8. The van der Waals surface area contributed by atoms with Crippen molar-refractivity contribution in [3.63, 3.8) is 0 Å². The number of furan rings is 1. The van der Waals surface area contributed by atoms with Crippen LogP contribution in [0.3, 0.4) is 0 Å². The maximum Gasteiger partial charge on any atom is 0.340 e. The number of para-hydroxylation sites is 1. The van der Waals surface area contributed by atoms with Crippen molar-refractivity contribution in [2.45, 2.75) is 31.8 Å². The van der Waals surface area contributed by atoms with Crippen LogP contribution < -0.4 is 4.90 Å². The summed E-state index contributed by atoms with van der Waals surface area (Å²) in [6.45, 7) is 3.56. The van der Waals surface area contributed by atoms with Crippen molar-refractivity contribution in [3.05, 3.63) is 136 Å². The van der Waals surface area contributed by atoms with Crippen LogP contribution in [0.4, 0.5) is 5.69 Å². The van der Waals surface area contributed by atoms with Crippen LogP contribution >= 0.6 is 11.6 Å². The quantitative estimate of drug-likeness (QED) is 0.157. The summed E-state index contributed by atoms with van der Waals surface area (Å²) in [4.78, 5) is 27.9. The van der Waals surface area contributed by atoms with Crippen LogP contribution in [0.5, 0.6) is 0 Å². The first-order valence-corrected chi connectivity index (χ1v) is 15.2. The standard InChI is InChI=1S/C33H29ClN2O6S/c1-22-9-17-29(18-10-22)43(39,40)35(20-24-11-13-25(34)14-12-24)21-28-16-15-27(42-28)19-30-31(33(38)41-3)23(2)36(32(30)37)26-7-5-4-6-8-26/h4-19H,20-21H2,1-3H3/b30-19+. The smallest absolute Gasteiger partial charge is 0.340 e. The molecule has 43 heavy (non-hydrogen) atoms. The molecule has 0 saturated heterocycles. The number of hydrogen-bond donors (Lipinski definition) is 0. The van der Waals surface area contributed by atoms with E-state index in [1.807, 2.05) is 13.0 Å². The molecule has 10 heteroatoms. The van der Waals surface area contributed by atoms with Gasteiger partial charge in [-0.3, -0.25) is 9.69 Å². The van der Waals surface area contributed by atoms with E-state index in [1.165, 1.54) is 22.4 Å². The summed E-state index contributed by atoms with van der Waals surface area (Å²) >= 11 is 6.04. The third-order valence-corrected chi connectivity index (χ3v) is 9.09. The molecular weight excluding hydrogens is 588 g/mol. The number of sulfonamides is 1. The first kappa shape index (κ1) is 30.0. The van der Waals surface area contributed by atoms with Crippen molar-refractivity contribution >= 4 is 45.3 Å². The second kappa shape index (κ2) is 12.4. The maximum absolute atomic E-state index is 13.7. The fraction of sp³-hybridized carbons (Fsp3) is 0.152. The average Bonchev–Trinajstić information content (AvgIpc) is 3.54. The van der Waals surface area contributed by atoms with E-state index in [0.717, 1.165) is 11.1 Å². The number of nitrogens with zero attached hydrogens (tertiary/aromatic N) is 2. The highest BCUT2D eigenvalue weighted by Crippen LogP contribution is 2.35. The SMILES string of the molecule is COC(=O)C1=C(C)N(c2ccccc2)C(=O)/C1=C/c1ccc(CN(Cc2ccc(Cl)cc2)S(=O)(=O)c2ccc(C)cc2)o1. The number of allylic oxidation sites excluding steroid dienone is 1. The summed E-state index contributed by atoms with van der Waals surface area (Å²) in [6.07, 6.45) is 1.47. The Hall–Kier alpha value is -4.44. The molecule has 0 fully saturated rings. The zero-order valence-corrected chi connectivity index (χ0v) is 25.4. The summed E-state index contributed by atoms with van der Waals surface area (Å²) in [5.41, 5.74) is 2.96. The van der Waals surface area contributed by atoms with Crippen LogP contribution in [0, 0.1) is 6.92 Å². The number of carbonyl (C=O) groups excluding carboxylic acids is 2. The molecule has 0 unspecified atom stereocenters. The van der Waals surface area contributed by atoms with Crippen molar-refractivity contribution in [2.75, 3.05) is 12.0 Å². The topological polar surface area (TPSA) is 97.1 Å². The Labute approximate surface area is 255 Å². The lowest BCUT2D eigenvalue weighted by molar-refractivity contribution is -0.136. The molecule has 8 nitrogen and oxygen atoms in total. The predicted molar refractivity (Wildman–Crippen MR) is 164 cm³/mol. The molecule has 1 aliphatic heterocycles. The molecule has 0 saturated carbocycles. The fourth-order valence-electron chi connectivity index (χ4n) is 4.82. The molecule has 220 valence electrons. The lowest BCUT2D eigenvalue weighted by Crippen LogP contribution is -2.30. The van der Waals surface area contributed by atoms with Crippen molar-refractivity contribution in [1.29, 1.82) is 0 Å². The lowest BCUT2D eigenvalue weighted by atomic mass is 10.1. The van der Waals surface area contributed by atoms with Gasteiger partial charge in [0.05, 0.1) is 29.7 Å². The van der Waals surface area contributed by atoms with Gasteiger partial charge in [0.25, 0.3) is 5.91 Å². The number of benzene rings is 3. The van der Waals surface area contributed by atoms with Gasteiger partial charge in [-0.2, -0.15) is 4.31 Å². The third kappa shape index (κ3) is 6.34. The summed E-state index contributed by atoms with van der Waals surface area (Å²) in [5, 5.41) is 0.545. The van der Waals surface area contributed by atoms with Crippen LogP contribution in [-0.2, 0) is 37.4 Å². The van der Waals surface area contributed by atoms with Gasteiger partial charge < -0.3 is 9.15 Å². The number of methoxy groups -OCH3 is 1. The minimum atomic E-state index is -3.92. The van der Waals surface area contributed by atoms with Crippen molar-refractivity contribution in [3.8, 4) is 0 Å². The molecule has 3 aromatic carbocycles. The molecule has 0 N–H and O–H groups in total. The molecule has 0 bridgehead atoms. The van der Waals surface area contributed by atoms with E-state index in [9.17, 15) is 18.0 Å². The number of carbonyl (C=O) groups is 2. The Morgan fingerprint density at radius 3 is 2.26 bits per heavy atom. The second-order valence-corrected chi connectivity index (χ2v) is 12.4. The predicted octanol–water partition coefficient (Wildman–Crippen LogP) is 6.51. The van der Waals surface area contributed by atoms with Crippen LogP contribution in [-0.4, -0.2) is 31.7 Å². The summed E-state index contributed by atoms with van der Waals surface area (Å²) in [5.74, 6) is -0.433. The maximum atomic E-state index is 13.7. The minimum Gasteiger partial charge on any atom is -0.465 e. The molecule has 0 radical (unpaired) electrons. The Morgan fingerprint density at radius 1 is 0.930 bits per heavy atom. The highest BCUT2D eigenvalue weighted by Gasteiger charge is 2.38. The molecule has 4 aromatic rings. The van der Waals surface area contributed by atoms with Gasteiger partial charge in [-0.05, 0) is 74.0 Å². The van der Waals surface area contributed by atoms with Gasteiger partial charge >= 0.3 is 5.97 Å². The molecular formula is C33H29ClN2O6S. The number of anilines is 1. The molecule has 0 aliphatic carbocycles. The third-order valence-electron chi connectivity index (χ3n) is 7.04. The number of halogens is 1. The molecule has 1 amide bonds. The van der Waals surface area contributed by atoms with Crippen molar-refractivity contribution < 1.29 is 27.2 Å². The Kier molecular flexibility index (Phi) is 8.68. The fourth-order valence-corrected chi connectivity index (χ4v) is 6.34. The number of hydrogen-bond acceptors (Lipinski definition) is 6. The summed E-state index contributed by atoms with van der Waals surface area (Å²) in [6, 6.07) is 25.8. The van der Waals surface area contributed by atoms with Gasteiger partial charge in [0, 0.05) is 23.0 Å². The largest absolute Gasteiger partial charge is 0.465 e.